The monoisotopic (exact) mass is 578 g/mol. The molecule has 4 aromatic rings. The highest BCUT2D eigenvalue weighted by Crippen LogP contribution is 2.31. The standard InChI is InChI=1S/C30H28F2N4O4S/c1-4-6-7-26-35-29(37)27(30(38)36(26)25(5-2)21-14-19(17-33)15-22(31)16-21)41(39,40)23-10-8-20(9-11-23)24-12-13-34-28(32)18(24)3/h8-16,25,37H,4-7H2,1-3H3. The third-order valence-electron chi connectivity index (χ3n) is 6.90. The fraction of sp³-hybridized carbons (Fsp3) is 0.267. The van der Waals surface area contributed by atoms with E-state index in [1.807, 2.05) is 13.0 Å². The molecule has 0 saturated carbocycles. The number of nitriles is 1. The minimum atomic E-state index is -4.58. The van der Waals surface area contributed by atoms with Crippen molar-refractivity contribution in [2.75, 3.05) is 0 Å². The van der Waals surface area contributed by atoms with E-state index in [2.05, 4.69) is 9.97 Å². The highest BCUT2D eigenvalue weighted by Gasteiger charge is 2.32. The van der Waals surface area contributed by atoms with Crippen molar-refractivity contribution in [1.29, 1.82) is 5.26 Å². The summed E-state index contributed by atoms with van der Waals surface area (Å²) in [5.74, 6) is -2.11. The zero-order valence-electron chi connectivity index (χ0n) is 22.7. The molecule has 2 heterocycles. The van der Waals surface area contributed by atoms with Gasteiger partial charge in [0.25, 0.3) is 5.56 Å². The van der Waals surface area contributed by atoms with E-state index in [1.165, 1.54) is 47.2 Å². The van der Waals surface area contributed by atoms with Crippen molar-refractivity contribution >= 4 is 9.84 Å². The van der Waals surface area contributed by atoms with Gasteiger partial charge in [-0.05, 0) is 72.9 Å². The Kier molecular flexibility index (Phi) is 8.63. The first-order chi connectivity index (χ1) is 19.5. The van der Waals surface area contributed by atoms with Crippen LogP contribution in [0.5, 0.6) is 5.88 Å². The van der Waals surface area contributed by atoms with Crippen LogP contribution in [0.25, 0.3) is 11.1 Å². The molecule has 212 valence electrons. The van der Waals surface area contributed by atoms with Crippen molar-refractivity contribution in [3.8, 4) is 23.1 Å². The van der Waals surface area contributed by atoms with E-state index in [-0.39, 0.29) is 34.7 Å². The van der Waals surface area contributed by atoms with Crippen LogP contribution < -0.4 is 5.56 Å². The molecule has 0 aliphatic rings. The number of aromatic hydroxyl groups is 1. The molecule has 0 radical (unpaired) electrons. The summed E-state index contributed by atoms with van der Waals surface area (Å²) in [4.78, 5) is 20.5. The maximum atomic E-state index is 14.4. The zero-order valence-corrected chi connectivity index (χ0v) is 23.5. The maximum Gasteiger partial charge on any atom is 0.277 e. The normalized spacial score (nSPS) is 12.2. The molecule has 2 aromatic heterocycles. The summed E-state index contributed by atoms with van der Waals surface area (Å²) in [5.41, 5.74) is 0.677. The lowest BCUT2D eigenvalue weighted by molar-refractivity contribution is 0.406. The van der Waals surface area contributed by atoms with Crippen LogP contribution in [0.1, 0.15) is 61.7 Å². The molecule has 11 heteroatoms. The molecular formula is C30H28F2N4O4S. The summed E-state index contributed by atoms with van der Waals surface area (Å²) in [5, 5.41) is 20.1. The Bertz CT molecular complexity index is 1810. The third kappa shape index (κ3) is 5.74. The minimum Gasteiger partial charge on any atom is -0.492 e. The number of halogens is 2. The van der Waals surface area contributed by atoms with Crippen LogP contribution in [0, 0.1) is 30.0 Å². The molecular weight excluding hydrogens is 550 g/mol. The molecule has 8 nitrogen and oxygen atoms in total. The summed E-state index contributed by atoms with van der Waals surface area (Å²) in [6.45, 7) is 5.22. The Labute approximate surface area is 236 Å². The summed E-state index contributed by atoms with van der Waals surface area (Å²) >= 11 is 0. The van der Waals surface area contributed by atoms with E-state index in [0.717, 1.165) is 12.5 Å². The van der Waals surface area contributed by atoms with Crippen molar-refractivity contribution in [2.45, 2.75) is 62.3 Å². The fourth-order valence-corrected chi connectivity index (χ4v) is 6.15. The van der Waals surface area contributed by atoms with E-state index >= 15 is 0 Å². The lowest BCUT2D eigenvalue weighted by atomic mass is 10.0. The van der Waals surface area contributed by atoms with Crippen LogP contribution >= 0.6 is 0 Å². The number of nitrogens with zero attached hydrogens (tertiary/aromatic N) is 4. The van der Waals surface area contributed by atoms with Crippen molar-refractivity contribution in [2.24, 2.45) is 0 Å². The van der Waals surface area contributed by atoms with Crippen LogP contribution in [0.3, 0.4) is 0 Å². The second kappa shape index (κ2) is 12.0. The van der Waals surface area contributed by atoms with E-state index in [0.29, 0.717) is 23.1 Å². The molecule has 2 aromatic carbocycles. The van der Waals surface area contributed by atoms with Crippen LogP contribution in [0.2, 0.25) is 0 Å². The highest BCUT2D eigenvalue weighted by molar-refractivity contribution is 7.91. The zero-order chi connectivity index (χ0) is 29.9. The summed E-state index contributed by atoms with van der Waals surface area (Å²) < 4.78 is 57.0. The number of sulfone groups is 1. The highest BCUT2D eigenvalue weighted by atomic mass is 32.2. The van der Waals surface area contributed by atoms with Crippen molar-refractivity contribution < 1.29 is 22.3 Å². The molecule has 41 heavy (non-hydrogen) atoms. The van der Waals surface area contributed by atoms with Gasteiger partial charge in [-0.25, -0.2) is 17.8 Å². The van der Waals surface area contributed by atoms with E-state index < -0.39 is 44.0 Å². The van der Waals surface area contributed by atoms with E-state index in [1.54, 1.807) is 19.9 Å². The second-order valence-electron chi connectivity index (χ2n) is 9.57. The molecule has 0 aliphatic carbocycles. The van der Waals surface area contributed by atoms with Gasteiger partial charge in [0.15, 0.2) is 4.90 Å². The summed E-state index contributed by atoms with van der Waals surface area (Å²) in [6, 6.07) is 11.8. The molecule has 0 bridgehead atoms. The second-order valence-corrected chi connectivity index (χ2v) is 11.5. The largest absolute Gasteiger partial charge is 0.492 e. The van der Waals surface area contributed by atoms with Gasteiger partial charge < -0.3 is 5.11 Å². The lowest BCUT2D eigenvalue weighted by Gasteiger charge is -2.23. The minimum absolute atomic E-state index is 0.0468. The predicted molar refractivity (Wildman–Crippen MR) is 148 cm³/mol. The van der Waals surface area contributed by atoms with Gasteiger partial charge in [0.1, 0.15) is 11.6 Å². The van der Waals surface area contributed by atoms with Crippen LogP contribution in [0.15, 0.2) is 69.3 Å². The first-order valence-corrected chi connectivity index (χ1v) is 14.5. The molecule has 1 atom stereocenters. The lowest BCUT2D eigenvalue weighted by Crippen LogP contribution is -2.33. The Hall–Kier alpha value is -4.43. The number of aromatic nitrogens is 3. The molecule has 0 saturated heterocycles. The van der Waals surface area contributed by atoms with Crippen LogP contribution in [-0.4, -0.2) is 28.1 Å². The summed E-state index contributed by atoms with van der Waals surface area (Å²) in [7, 11) is -4.58. The molecule has 0 spiro atoms. The van der Waals surface area contributed by atoms with E-state index in [9.17, 15) is 32.4 Å². The Morgan fingerprint density at radius 3 is 2.44 bits per heavy atom. The first-order valence-electron chi connectivity index (χ1n) is 13.0. The summed E-state index contributed by atoms with van der Waals surface area (Å²) in [6.07, 6.45) is 3.14. The van der Waals surface area contributed by atoms with Gasteiger partial charge in [0.2, 0.25) is 21.7 Å². The van der Waals surface area contributed by atoms with Crippen molar-refractivity contribution in [3.63, 3.8) is 0 Å². The molecule has 1 unspecified atom stereocenters. The molecule has 0 amide bonds. The number of hydrogen-bond donors (Lipinski definition) is 1. The van der Waals surface area contributed by atoms with Crippen molar-refractivity contribution in [1.82, 2.24) is 14.5 Å². The van der Waals surface area contributed by atoms with E-state index in [4.69, 9.17) is 0 Å². The van der Waals surface area contributed by atoms with Gasteiger partial charge in [-0.2, -0.15) is 14.6 Å². The topological polar surface area (TPSA) is 126 Å². The number of rotatable bonds is 9. The first kappa shape index (κ1) is 29.6. The SMILES string of the molecule is CCCCc1nc(O)c(S(=O)(=O)c2ccc(-c3ccnc(F)c3C)cc2)c(=O)n1C(CC)c1cc(F)cc(C#N)c1. The maximum absolute atomic E-state index is 14.4. The third-order valence-corrected chi connectivity index (χ3v) is 8.69. The van der Waals surface area contributed by atoms with Gasteiger partial charge in [0.05, 0.1) is 22.6 Å². The van der Waals surface area contributed by atoms with Gasteiger partial charge in [-0.3, -0.25) is 9.36 Å². The Morgan fingerprint density at radius 2 is 1.80 bits per heavy atom. The number of unbranched alkanes of at least 4 members (excludes halogenated alkanes) is 1. The number of hydrogen-bond acceptors (Lipinski definition) is 7. The van der Waals surface area contributed by atoms with Gasteiger partial charge in [-0.15, -0.1) is 0 Å². The van der Waals surface area contributed by atoms with Crippen LogP contribution in [0.4, 0.5) is 8.78 Å². The van der Waals surface area contributed by atoms with Gasteiger partial charge in [-0.1, -0.05) is 32.4 Å². The fourth-order valence-electron chi connectivity index (χ4n) is 4.81. The number of pyridine rings is 1. The van der Waals surface area contributed by atoms with Crippen LogP contribution in [-0.2, 0) is 16.3 Å². The average Bonchev–Trinajstić information content (AvgIpc) is 2.94. The Morgan fingerprint density at radius 1 is 1.10 bits per heavy atom. The number of benzene rings is 2. The average molecular weight is 579 g/mol. The number of aryl methyl sites for hydroxylation is 1. The molecule has 0 fully saturated rings. The van der Waals surface area contributed by atoms with Gasteiger partial charge in [0, 0.05) is 18.2 Å². The van der Waals surface area contributed by atoms with Crippen molar-refractivity contribution in [3.05, 3.63) is 99.4 Å². The molecule has 1 N–H and O–H groups in total. The predicted octanol–water partition coefficient (Wildman–Crippen LogP) is 5.64. The quantitative estimate of drug-likeness (QED) is 0.255. The molecule has 0 aliphatic heterocycles. The smallest absolute Gasteiger partial charge is 0.277 e. The van der Waals surface area contributed by atoms with Gasteiger partial charge >= 0.3 is 0 Å². The molecule has 4 rings (SSSR count). The Balaban J connectivity index is 1.89.